The van der Waals surface area contributed by atoms with Gasteiger partial charge in [-0.2, -0.15) is 0 Å². The van der Waals surface area contributed by atoms with Gasteiger partial charge in [-0.05, 0) is 25.2 Å². The standard InChI is InChI=1S/C14H26N2O/c1-11-10-13(11)14(17)16-9-8-15-12-6-4-2-3-5-7-12/h11-13,15H,2-10H2,1H3,(H,16,17)/t11-,13+/m1/s1. The van der Waals surface area contributed by atoms with Gasteiger partial charge in [-0.1, -0.05) is 32.6 Å². The predicted molar refractivity (Wildman–Crippen MR) is 69.8 cm³/mol. The van der Waals surface area contributed by atoms with Crippen LogP contribution in [0.25, 0.3) is 0 Å². The zero-order chi connectivity index (χ0) is 12.1. The Balaban J connectivity index is 1.51. The average molecular weight is 238 g/mol. The van der Waals surface area contributed by atoms with Crippen molar-refractivity contribution in [2.24, 2.45) is 11.8 Å². The molecule has 1 amide bonds. The van der Waals surface area contributed by atoms with Gasteiger partial charge in [-0.15, -0.1) is 0 Å². The molecule has 98 valence electrons. The van der Waals surface area contributed by atoms with E-state index < -0.39 is 0 Å². The summed E-state index contributed by atoms with van der Waals surface area (Å²) in [5.74, 6) is 1.19. The summed E-state index contributed by atoms with van der Waals surface area (Å²) in [5.41, 5.74) is 0. The fourth-order valence-corrected chi connectivity index (χ4v) is 2.76. The first kappa shape index (κ1) is 12.9. The molecule has 0 aromatic rings. The second-order valence-corrected chi connectivity index (χ2v) is 5.75. The molecular formula is C14H26N2O. The minimum Gasteiger partial charge on any atom is -0.355 e. The summed E-state index contributed by atoms with van der Waals surface area (Å²) >= 11 is 0. The summed E-state index contributed by atoms with van der Waals surface area (Å²) in [6, 6.07) is 0.689. The van der Waals surface area contributed by atoms with Gasteiger partial charge in [0.05, 0.1) is 0 Å². The molecule has 2 atom stereocenters. The first-order valence-electron chi connectivity index (χ1n) is 7.28. The molecule has 2 fully saturated rings. The Kier molecular flexibility index (Phi) is 4.84. The number of hydrogen-bond donors (Lipinski definition) is 2. The maximum atomic E-state index is 11.6. The Morgan fingerprint density at radius 2 is 1.76 bits per heavy atom. The van der Waals surface area contributed by atoms with Crippen molar-refractivity contribution in [2.75, 3.05) is 13.1 Å². The summed E-state index contributed by atoms with van der Waals surface area (Å²) in [5, 5.41) is 6.60. The Morgan fingerprint density at radius 3 is 2.35 bits per heavy atom. The lowest BCUT2D eigenvalue weighted by Gasteiger charge is -2.16. The SMILES string of the molecule is C[C@@H]1C[C@@H]1C(=O)NCCNC1CCCCCC1. The molecule has 2 saturated carbocycles. The summed E-state index contributed by atoms with van der Waals surface area (Å²) in [7, 11) is 0. The van der Waals surface area contributed by atoms with Gasteiger partial charge in [0, 0.05) is 25.0 Å². The van der Waals surface area contributed by atoms with Crippen LogP contribution in [-0.4, -0.2) is 25.0 Å². The highest BCUT2D eigenvalue weighted by Crippen LogP contribution is 2.37. The Labute approximate surface area is 105 Å². The third-order valence-corrected chi connectivity index (χ3v) is 4.16. The summed E-state index contributed by atoms with van der Waals surface area (Å²) in [4.78, 5) is 11.6. The van der Waals surface area contributed by atoms with Crippen molar-refractivity contribution in [1.29, 1.82) is 0 Å². The number of carbonyl (C=O) groups is 1. The highest BCUT2D eigenvalue weighted by Gasteiger charge is 2.38. The topological polar surface area (TPSA) is 41.1 Å². The van der Waals surface area contributed by atoms with E-state index in [-0.39, 0.29) is 5.91 Å². The Bertz CT molecular complexity index is 247. The van der Waals surface area contributed by atoms with Gasteiger partial charge in [0.15, 0.2) is 0 Å². The van der Waals surface area contributed by atoms with Crippen LogP contribution < -0.4 is 10.6 Å². The lowest BCUT2D eigenvalue weighted by atomic mass is 10.1. The first-order valence-corrected chi connectivity index (χ1v) is 7.28. The van der Waals surface area contributed by atoms with Crippen LogP contribution in [0, 0.1) is 11.8 Å². The molecule has 0 aromatic carbocycles. The van der Waals surface area contributed by atoms with Crippen molar-refractivity contribution in [3.05, 3.63) is 0 Å². The fourth-order valence-electron chi connectivity index (χ4n) is 2.76. The van der Waals surface area contributed by atoms with Crippen LogP contribution in [0.3, 0.4) is 0 Å². The van der Waals surface area contributed by atoms with Gasteiger partial charge in [0.25, 0.3) is 0 Å². The van der Waals surface area contributed by atoms with Crippen molar-refractivity contribution < 1.29 is 4.79 Å². The minimum atomic E-state index is 0.264. The molecule has 0 unspecified atom stereocenters. The molecule has 0 bridgehead atoms. The van der Waals surface area contributed by atoms with E-state index in [4.69, 9.17) is 0 Å². The smallest absolute Gasteiger partial charge is 0.223 e. The quantitative estimate of drug-likeness (QED) is 0.569. The molecule has 17 heavy (non-hydrogen) atoms. The summed E-state index contributed by atoms with van der Waals surface area (Å²) < 4.78 is 0. The molecule has 0 radical (unpaired) electrons. The molecule has 0 aromatic heterocycles. The van der Waals surface area contributed by atoms with Gasteiger partial charge in [-0.25, -0.2) is 0 Å². The molecule has 2 N–H and O–H groups in total. The Hall–Kier alpha value is -0.570. The summed E-state index contributed by atoms with van der Waals surface area (Å²) in [6.45, 7) is 3.87. The third kappa shape index (κ3) is 4.30. The van der Waals surface area contributed by atoms with Crippen LogP contribution >= 0.6 is 0 Å². The van der Waals surface area contributed by atoms with Crippen LogP contribution in [0.1, 0.15) is 51.9 Å². The molecule has 3 nitrogen and oxygen atoms in total. The van der Waals surface area contributed by atoms with Crippen molar-refractivity contribution in [1.82, 2.24) is 10.6 Å². The van der Waals surface area contributed by atoms with E-state index in [1.807, 2.05) is 0 Å². The normalized spacial score (nSPS) is 29.7. The molecule has 2 aliphatic carbocycles. The van der Waals surface area contributed by atoms with Crippen molar-refractivity contribution >= 4 is 5.91 Å². The van der Waals surface area contributed by atoms with E-state index >= 15 is 0 Å². The fraction of sp³-hybridized carbons (Fsp3) is 0.929. The molecule has 0 spiro atoms. The maximum Gasteiger partial charge on any atom is 0.223 e. The van der Waals surface area contributed by atoms with E-state index in [9.17, 15) is 4.79 Å². The lowest BCUT2D eigenvalue weighted by molar-refractivity contribution is -0.122. The van der Waals surface area contributed by atoms with E-state index in [0.717, 1.165) is 19.5 Å². The van der Waals surface area contributed by atoms with Gasteiger partial charge in [-0.3, -0.25) is 4.79 Å². The van der Waals surface area contributed by atoms with Gasteiger partial charge >= 0.3 is 0 Å². The maximum absolute atomic E-state index is 11.6. The number of hydrogen-bond acceptors (Lipinski definition) is 2. The molecule has 2 rings (SSSR count). The number of nitrogens with one attached hydrogen (secondary N) is 2. The number of amides is 1. The van der Waals surface area contributed by atoms with Crippen LogP contribution in [0.4, 0.5) is 0 Å². The highest BCUT2D eigenvalue weighted by atomic mass is 16.2. The molecule has 0 heterocycles. The van der Waals surface area contributed by atoms with Crippen LogP contribution in [0.2, 0.25) is 0 Å². The molecular weight excluding hydrogens is 212 g/mol. The van der Waals surface area contributed by atoms with E-state index in [1.165, 1.54) is 38.5 Å². The van der Waals surface area contributed by atoms with Gasteiger partial charge < -0.3 is 10.6 Å². The van der Waals surface area contributed by atoms with Crippen molar-refractivity contribution in [3.63, 3.8) is 0 Å². The summed E-state index contributed by atoms with van der Waals surface area (Å²) in [6.07, 6.45) is 9.24. The van der Waals surface area contributed by atoms with Crippen molar-refractivity contribution in [2.45, 2.75) is 57.9 Å². The van der Waals surface area contributed by atoms with E-state index in [2.05, 4.69) is 17.6 Å². The largest absolute Gasteiger partial charge is 0.355 e. The first-order chi connectivity index (χ1) is 8.27. The molecule has 2 aliphatic rings. The average Bonchev–Trinajstić information content (AvgIpc) is 3.08. The number of carbonyl (C=O) groups excluding carboxylic acids is 1. The van der Waals surface area contributed by atoms with Crippen molar-refractivity contribution in [3.8, 4) is 0 Å². The van der Waals surface area contributed by atoms with Gasteiger partial charge in [0.2, 0.25) is 5.91 Å². The minimum absolute atomic E-state index is 0.264. The van der Waals surface area contributed by atoms with E-state index in [1.54, 1.807) is 0 Å². The van der Waals surface area contributed by atoms with E-state index in [0.29, 0.717) is 17.9 Å². The van der Waals surface area contributed by atoms with Crippen LogP contribution in [0.5, 0.6) is 0 Å². The second kappa shape index (κ2) is 6.39. The zero-order valence-corrected chi connectivity index (χ0v) is 11.0. The second-order valence-electron chi connectivity index (χ2n) is 5.75. The third-order valence-electron chi connectivity index (χ3n) is 4.16. The van der Waals surface area contributed by atoms with Crippen LogP contribution in [-0.2, 0) is 4.79 Å². The molecule has 0 aliphatic heterocycles. The lowest BCUT2D eigenvalue weighted by Crippen LogP contribution is -2.37. The molecule has 0 saturated heterocycles. The van der Waals surface area contributed by atoms with Gasteiger partial charge in [0.1, 0.15) is 0 Å². The Morgan fingerprint density at radius 1 is 1.12 bits per heavy atom. The predicted octanol–water partition coefficient (Wildman–Crippen LogP) is 2.07. The zero-order valence-electron chi connectivity index (χ0n) is 11.0. The van der Waals surface area contributed by atoms with Crippen LogP contribution in [0.15, 0.2) is 0 Å². The monoisotopic (exact) mass is 238 g/mol. The number of rotatable bonds is 5. The molecule has 3 heteroatoms. The highest BCUT2D eigenvalue weighted by molar-refractivity contribution is 5.81.